The Hall–Kier alpha value is -2.94. The molecule has 27 heavy (non-hydrogen) atoms. The highest BCUT2D eigenvalue weighted by Crippen LogP contribution is 2.20. The summed E-state index contributed by atoms with van der Waals surface area (Å²) in [5, 5.41) is 0. The molecule has 138 valence electrons. The lowest BCUT2D eigenvalue weighted by molar-refractivity contribution is 0.631. The largest absolute Gasteiger partial charge is 0.292 e. The molecule has 0 aliphatic carbocycles. The summed E-state index contributed by atoms with van der Waals surface area (Å²) >= 11 is 0. The molecule has 0 aliphatic heterocycles. The standard InChI is InChI=1S/C24H26N2O/c1-4-6-12-23-25-18(3)22(5-2)24(27)26(23)17-19-13-15-21(16-14-19)20-10-8-7-9-11-20/h5,7-11,13-16H,2,4,6,12,17H2,1,3H3. The van der Waals surface area contributed by atoms with Crippen LogP contribution >= 0.6 is 0 Å². The molecule has 0 unspecified atom stereocenters. The first-order valence-corrected chi connectivity index (χ1v) is 9.51. The van der Waals surface area contributed by atoms with E-state index in [9.17, 15) is 4.79 Å². The molecule has 3 rings (SSSR count). The molecule has 3 nitrogen and oxygen atoms in total. The molecule has 0 aliphatic rings. The van der Waals surface area contributed by atoms with Gasteiger partial charge in [0.2, 0.25) is 0 Å². The number of nitrogens with zero attached hydrogens (tertiary/aromatic N) is 2. The Labute approximate surface area is 161 Å². The molecule has 0 saturated heterocycles. The molecule has 0 radical (unpaired) electrons. The zero-order chi connectivity index (χ0) is 19.2. The van der Waals surface area contributed by atoms with Gasteiger partial charge in [-0.2, -0.15) is 0 Å². The first kappa shape index (κ1) is 18.8. The molecule has 1 aromatic heterocycles. The fraction of sp³-hybridized carbons (Fsp3) is 0.250. The third-order valence-corrected chi connectivity index (χ3v) is 4.83. The molecule has 1 heterocycles. The normalized spacial score (nSPS) is 10.7. The lowest BCUT2D eigenvalue weighted by Crippen LogP contribution is -2.28. The summed E-state index contributed by atoms with van der Waals surface area (Å²) in [6.07, 6.45) is 4.52. The van der Waals surface area contributed by atoms with Crippen LogP contribution in [0.4, 0.5) is 0 Å². The molecular formula is C24H26N2O. The van der Waals surface area contributed by atoms with Crippen LogP contribution in [0, 0.1) is 6.92 Å². The molecule has 0 spiro atoms. The smallest absolute Gasteiger partial charge is 0.261 e. The van der Waals surface area contributed by atoms with Crippen LogP contribution in [0.3, 0.4) is 0 Å². The van der Waals surface area contributed by atoms with Gasteiger partial charge < -0.3 is 0 Å². The van der Waals surface area contributed by atoms with Gasteiger partial charge in [-0.15, -0.1) is 0 Å². The first-order valence-electron chi connectivity index (χ1n) is 9.51. The van der Waals surface area contributed by atoms with Gasteiger partial charge in [-0.05, 0) is 30.0 Å². The SMILES string of the molecule is C=Cc1c(C)nc(CCCC)n(Cc2ccc(-c3ccccc3)cc2)c1=O. The maximum atomic E-state index is 12.9. The van der Waals surface area contributed by atoms with Crippen LogP contribution in [0.1, 0.15) is 42.4 Å². The maximum absolute atomic E-state index is 12.9. The van der Waals surface area contributed by atoms with E-state index in [0.717, 1.165) is 36.3 Å². The van der Waals surface area contributed by atoms with E-state index in [1.807, 2.05) is 25.1 Å². The highest BCUT2D eigenvalue weighted by atomic mass is 16.1. The number of benzene rings is 2. The van der Waals surface area contributed by atoms with Gasteiger partial charge in [-0.25, -0.2) is 4.98 Å². The van der Waals surface area contributed by atoms with Crippen molar-refractivity contribution < 1.29 is 0 Å². The lowest BCUT2D eigenvalue weighted by Gasteiger charge is -2.15. The van der Waals surface area contributed by atoms with Gasteiger partial charge >= 0.3 is 0 Å². The Morgan fingerprint density at radius 3 is 2.33 bits per heavy atom. The summed E-state index contributed by atoms with van der Waals surface area (Å²) in [5.74, 6) is 0.858. The summed E-state index contributed by atoms with van der Waals surface area (Å²) in [7, 11) is 0. The van der Waals surface area contributed by atoms with Gasteiger partial charge in [-0.3, -0.25) is 9.36 Å². The quantitative estimate of drug-likeness (QED) is 0.578. The van der Waals surface area contributed by atoms with Gasteiger partial charge in [-0.1, -0.05) is 80.6 Å². The molecule has 0 amide bonds. The van der Waals surface area contributed by atoms with E-state index >= 15 is 0 Å². The third kappa shape index (κ3) is 4.25. The Balaban J connectivity index is 1.94. The first-order chi connectivity index (χ1) is 13.1. The van der Waals surface area contributed by atoms with Crippen molar-refractivity contribution in [3.05, 3.63) is 94.2 Å². The van der Waals surface area contributed by atoms with Crippen LogP contribution in [0.25, 0.3) is 17.2 Å². The monoisotopic (exact) mass is 358 g/mol. The Kier molecular flexibility index (Phi) is 6.02. The second-order valence-electron chi connectivity index (χ2n) is 6.79. The maximum Gasteiger partial charge on any atom is 0.261 e. The summed E-state index contributed by atoms with van der Waals surface area (Å²) in [6, 6.07) is 18.7. The molecule has 0 N–H and O–H groups in total. The zero-order valence-corrected chi connectivity index (χ0v) is 16.1. The Morgan fingerprint density at radius 2 is 1.70 bits per heavy atom. The number of aryl methyl sites for hydroxylation is 2. The molecule has 0 fully saturated rings. The molecule has 0 saturated carbocycles. The van der Waals surface area contributed by atoms with E-state index < -0.39 is 0 Å². The molecule has 3 aromatic rings. The van der Waals surface area contributed by atoms with Gasteiger partial charge in [0.15, 0.2) is 0 Å². The molecule has 3 heteroatoms. The molecule has 2 aromatic carbocycles. The second kappa shape index (κ2) is 8.63. The highest BCUT2D eigenvalue weighted by molar-refractivity contribution is 5.63. The van der Waals surface area contributed by atoms with Crippen molar-refractivity contribution in [3.8, 4) is 11.1 Å². The average Bonchev–Trinajstić information content (AvgIpc) is 2.70. The highest BCUT2D eigenvalue weighted by Gasteiger charge is 2.12. The van der Waals surface area contributed by atoms with Crippen LogP contribution in [0.5, 0.6) is 0 Å². The second-order valence-corrected chi connectivity index (χ2v) is 6.79. The summed E-state index contributed by atoms with van der Waals surface area (Å²) < 4.78 is 1.80. The van der Waals surface area contributed by atoms with Gasteiger partial charge in [0.05, 0.1) is 17.8 Å². The van der Waals surface area contributed by atoms with Gasteiger partial charge in [0, 0.05) is 6.42 Å². The van der Waals surface area contributed by atoms with Gasteiger partial charge in [0.1, 0.15) is 5.82 Å². The minimum Gasteiger partial charge on any atom is -0.292 e. The van der Waals surface area contributed by atoms with E-state index in [1.54, 1.807) is 10.6 Å². The van der Waals surface area contributed by atoms with Gasteiger partial charge in [0.25, 0.3) is 5.56 Å². The van der Waals surface area contributed by atoms with E-state index in [4.69, 9.17) is 4.98 Å². The average molecular weight is 358 g/mol. The Morgan fingerprint density at radius 1 is 1.04 bits per heavy atom. The van der Waals surface area contributed by atoms with Crippen LogP contribution in [-0.2, 0) is 13.0 Å². The topological polar surface area (TPSA) is 34.9 Å². The van der Waals surface area contributed by atoms with Crippen molar-refractivity contribution in [3.63, 3.8) is 0 Å². The van der Waals surface area contributed by atoms with Crippen molar-refractivity contribution in [1.82, 2.24) is 9.55 Å². The minimum atomic E-state index is -0.00395. The molecular weight excluding hydrogens is 332 g/mol. The number of unbranched alkanes of at least 4 members (excludes halogenated alkanes) is 1. The lowest BCUT2D eigenvalue weighted by atomic mass is 10.0. The number of rotatable bonds is 7. The van der Waals surface area contributed by atoms with Crippen molar-refractivity contribution in [2.24, 2.45) is 0 Å². The third-order valence-electron chi connectivity index (χ3n) is 4.83. The predicted molar refractivity (Wildman–Crippen MR) is 113 cm³/mol. The number of hydrogen-bond acceptors (Lipinski definition) is 2. The van der Waals surface area contributed by atoms with Crippen molar-refractivity contribution >= 4 is 6.08 Å². The summed E-state index contributed by atoms with van der Waals surface area (Å²) in [5.41, 5.74) is 4.81. The van der Waals surface area contributed by atoms with Crippen LogP contribution in [0.2, 0.25) is 0 Å². The zero-order valence-electron chi connectivity index (χ0n) is 16.1. The Bertz CT molecular complexity index is 970. The van der Waals surface area contributed by atoms with E-state index in [-0.39, 0.29) is 5.56 Å². The van der Waals surface area contributed by atoms with Crippen LogP contribution < -0.4 is 5.56 Å². The number of hydrogen-bond donors (Lipinski definition) is 0. The number of aromatic nitrogens is 2. The summed E-state index contributed by atoms with van der Waals surface area (Å²) in [4.78, 5) is 17.6. The fourth-order valence-corrected chi connectivity index (χ4v) is 3.27. The van der Waals surface area contributed by atoms with Crippen molar-refractivity contribution in [1.29, 1.82) is 0 Å². The molecule has 0 atom stereocenters. The van der Waals surface area contributed by atoms with Crippen molar-refractivity contribution in [2.75, 3.05) is 0 Å². The predicted octanol–water partition coefficient (Wildman–Crippen LogP) is 5.25. The van der Waals surface area contributed by atoms with Crippen LogP contribution in [-0.4, -0.2) is 9.55 Å². The van der Waals surface area contributed by atoms with E-state index in [0.29, 0.717) is 12.1 Å². The summed E-state index contributed by atoms with van der Waals surface area (Å²) in [6.45, 7) is 8.34. The minimum absolute atomic E-state index is 0.00395. The van der Waals surface area contributed by atoms with E-state index in [2.05, 4.69) is 49.9 Å². The fourth-order valence-electron chi connectivity index (χ4n) is 3.27. The van der Waals surface area contributed by atoms with Crippen LogP contribution in [0.15, 0.2) is 66.0 Å². The van der Waals surface area contributed by atoms with Crippen molar-refractivity contribution in [2.45, 2.75) is 39.7 Å². The molecule has 0 bridgehead atoms. The van der Waals surface area contributed by atoms with E-state index in [1.165, 1.54) is 11.1 Å².